The second kappa shape index (κ2) is 8.92. The third-order valence-electron chi connectivity index (χ3n) is 4.12. The van der Waals surface area contributed by atoms with Gasteiger partial charge in [-0.1, -0.05) is 36.8 Å². The largest absolute Gasteiger partial charge is 0.448 e. The van der Waals surface area contributed by atoms with Gasteiger partial charge in [0.05, 0.1) is 6.42 Å². The predicted octanol–water partition coefficient (Wildman–Crippen LogP) is 4.65. The fourth-order valence-corrected chi connectivity index (χ4v) is 2.77. The molecule has 0 saturated carbocycles. The first-order chi connectivity index (χ1) is 12.3. The Morgan fingerprint density at radius 1 is 1.00 bits per heavy atom. The Morgan fingerprint density at radius 2 is 1.88 bits per heavy atom. The van der Waals surface area contributed by atoms with E-state index >= 15 is 0 Å². The molecule has 0 atom stereocenters. The summed E-state index contributed by atoms with van der Waals surface area (Å²) in [7, 11) is 0. The molecule has 3 aromatic rings. The normalized spacial score (nSPS) is 10.7. The van der Waals surface area contributed by atoms with Crippen molar-refractivity contribution in [2.75, 3.05) is 0 Å². The van der Waals surface area contributed by atoms with E-state index in [0.717, 1.165) is 36.9 Å². The van der Waals surface area contributed by atoms with Crippen molar-refractivity contribution in [2.24, 2.45) is 0 Å². The lowest BCUT2D eigenvalue weighted by Gasteiger charge is -2.01. The maximum atomic E-state index is 12.1. The molecule has 25 heavy (non-hydrogen) atoms. The number of unbranched alkanes of at least 4 members (excludes halogenated alkanes) is 2. The first kappa shape index (κ1) is 17.1. The summed E-state index contributed by atoms with van der Waals surface area (Å²) in [6.07, 6.45) is 10.0. The first-order valence-electron chi connectivity index (χ1n) is 8.72. The average molecular weight is 334 g/mol. The van der Waals surface area contributed by atoms with Crippen molar-refractivity contribution < 1.29 is 9.21 Å². The van der Waals surface area contributed by atoms with Gasteiger partial charge in [0.2, 0.25) is 5.89 Å². The Bertz CT molecular complexity index is 782. The molecule has 1 aromatic carbocycles. The van der Waals surface area contributed by atoms with E-state index in [2.05, 4.69) is 34.2 Å². The van der Waals surface area contributed by atoms with Gasteiger partial charge in [-0.25, -0.2) is 4.98 Å². The van der Waals surface area contributed by atoms with Gasteiger partial charge in [0, 0.05) is 24.4 Å². The summed E-state index contributed by atoms with van der Waals surface area (Å²) in [5, 5.41) is 0. The molecular weight excluding hydrogens is 312 g/mol. The molecule has 0 saturated heterocycles. The Morgan fingerprint density at radius 3 is 2.68 bits per heavy atom. The molecule has 2 aromatic heterocycles. The van der Waals surface area contributed by atoms with Crippen LogP contribution in [-0.2, 0) is 17.6 Å². The summed E-state index contributed by atoms with van der Waals surface area (Å²) >= 11 is 0. The SMILES string of the molecule is O=C(CCCCCc1ccccc1)Cc1nc(-c2cccnc2)co1. The highest BCUT2D eigenvalue weighted by Crippen LogP contribution is 2.17. The van der Waals surface area contributed by atoms with Crippen LogP contribution >= 0.6 is 0 Å². The molecule has 0 amide bonds. The van der Waals surface area contributed by atoms with E-state index in [1.807, 2.05) is 18.2 Å². The number of hydrogen-bond acceptors (Lipinski definition) is 4. The number of carbonyl (C=O) groups is 1. The number of aryl methyl sites for hydroxylation is 1. The molecule has 0 fully saturated rings. The van der Waals surface area contributed by atoms with Gasteiger partial charge in [0.1, 0.15) is 17.7 Å². The maximum Gasteiger partial charge on any atom is 0.202 e. The Balaban J connectivity index is 1.37. The van der Waals surface area contributed by atoms with Gasteiger partial charge >= 0.3 is 0 Å². The van der Waals surface area contributed by atoms with Crippen molar-refractivity contribution in [3.05, 3.63) is 72.6 Å². The second-order valence-corrected chi connectivity index (χ2v) is 6.13. The van der Waals surface area contributed by atoms with E-state index < -0.39 is 0 Å². The monoisotopic (exact) mass is 334 g/mol. The van der Waals surface area contributed by atoms with Crippen LogP contribution in [0.25, 0.3) is 11.3 Å². The minimum absolute atomic E-state index is 0.180. The molecule has 2 heterocycles. The van der Waals surface area contributed by atoms with Gasteiger partial charge in [-0.3, -0.25) is 9.78 Å². The lowest BCUT2D eigenvalue weighted by atomic mass is 10.0. The second-order valence-electron chi connectivity index (χ2n) is 6.13. The van der Waals surface area contributed by atoms with Gasteiger partial charge in [0.15, 0.2) is 0 Å². The van der Waals surface area contributed by atoms with E-state index in [9.17, 15) is 4.79 Å². The van der Waals surface area contributed by atoms with Crippen LogP contribution < -0.4 is 0 Å². The number of ketones is 1. The molecule has 4 heteroatoms. The smallest absolute Gasteiger partial charge is 0.202 e. The number of nitrogens with zero attached hydrogens (tertiary/aromatic N) is 2. The molecular formula is C21H22N2O2. The van der Waals surface area contributed by atoms with Crippen LogP contribution in [0, 0.1) is 0 Å². The van der Waals surface area contributed by atoms with Crippen molar-refractivity contribution >= 4 is 5.78 Å². The molecule has 0 aliphatic carbocycles. The number of rotatable bonds is 9. The van der Waals surface area contributed by atoms with Gasteiger partial charge in [-0.15, -0.1) is 0 Å². The number of benzene rings is 1. The van der Waals surface area contributed by atoms with E-state index in [1.54, 1.807) is 18.7 Å². The summed E-state index contributed by atoms with van der Waals surface area (Å²) in [4.78, 5) is 20.5. The molecule has 0 N–H and O–H groups in total. The molecule has 0 unspecified atom stereocenters. The van der Waals surface area contributed by atoms with Crippen LogP contribution in [0.3, 0.4) is 0 Å². The zero-order valence-electron chi connectivity index (χ0n) is 14.2. The molecule has 0 spiro atoms. The topological polar surface area (TPSA) is 56.0 Å². The number of pyridine rings is 1. The number of carbonyl (C=O) groups excluding carboxylic acids is 1. The van der Waals surface area contributed by atoms with E-state index in [1.165, 1.54) is 5.56 Å². The predicted molar refractivity (Wildman–Crippen MR) is 97.1 cm³/mol. The Labute approximate surface area is 147 Å². The molecule has 4 nitrogen and oxygen atoms in total. The molecule has 3 rings (SSSR count). The minimum atomic E-state index is 0.180. The highest BCUT2D eigenvalue weighted by atomic mass is 16.3. The summed E-state index contributed by atoms with van der Waals surface area (Å²) < 4.78 is 5.42. The lowest BCUT2D eigenvalue weighted by molar-refractivity contribution is -0.118. The fourth-order valence-electron chi connectivity index (χ4n) is 2.77. The zero-order valence-corrected chi connectivity index (χ0v) is 14.2. The molecule has 0 bridgehead atoms. The van der Waals surface area contributed by atoms with Crippen LogP contribution in [0.1, 0.15) is 37.1 Å². The van der Waals surface area contributed by atoms with Gasteiger partial charge < -0.3 is 4.42 Å². The van der Waals surface area contributed by atoms with Gasteiger partial charge in [-0.2, -0.15) is 0 Å². The summed E-state index contributed by atoms with van der Waals surface area (Å²) in [6.45, 7) is 0. The average Bonchev–Trinajstić information content (AvgIpc) is 3.11. The Kier molecular flexibility index (Phi) is 6.10. The number of oxazole rings is 1. The first-order valence-corrected chi connectivity index (χ1v) is 8.72. The highest BCUT2D eigenvalue weighted by molar-refractivity contribution is 5.80. The van der Waals surface area contributed by atoms with Crippen LogP contribution in [0.15, 0.2) is 65.5 Å². The third-order valence-corrected chi connectivity index (χ3v) is 4.12. The summed E-state index contributed by atoms with van der Waals surface area (Å²) in [6, 6.07) is 14.2. The molecule has 0 aliphatic heterocycles. The van der Waals surface area contributed by atoms with Crippen molar-refractivity contribution in [3.8, 4) is 11.3 Å². The number of hydrogen-bond donors (Lipinski definition) is 0. The standard InChI is InChI=1S/C21H22N2O2/c24-19(12-6-2-5-10-17-8-3-1-4-9-17)14-21-23-20(16-25-21)18-11-7-13-22-15-18/h1,3-4,7-9,11,13,15-16H,2,5-6,10,12,14H2. The Hall–Kier alpha value is -2.75. The van der Waals surface area contributed by atoms with Crippen molar-refractivity contribution in [1.82, 2.24) is 9.97 Å². The van der Waals surface area contributed by atoms with Crippen LogP contribution in [-0.4, -0.2) is 15.8 Å². The highest BCUT2D eigenvalue weighted by Gasteiger charge is 2.10. The maximum absolute atomic E-state index is 12.1. The van der Waals surface area contributed by atoms with E-state index in [-0.39, 0.29) is 12.2 Å². The van der Waals surface area contributed by atoms with Crippen LogP contribution in [0.5, 0.6) is 0 Å². The fraction of sp³-hybridized carbons (Fsp3) is 0.286. The van der Waals surface area contributed by atoms with Crippen molar-refractivity contribution in [1.29, 1.82) is 0 Å². The number of Topliss-reactive ketones (excluding diaryl/α,β-unsaturated/α-hetero) is 1. The van der Waals surface area contributed by atoms with E-state index in [4.69, 9.17) is 4.42 Å². The van der Waals surface area contributed by atoms with Gasteiger partial charge in [-0.05, 0) is 37.0 Å². The lowest BCUT2D eigenvalue weighted by Crippen LogP contribution is -2.03. The number of aromatic nitrogens is 2. The molecule has 0 aliphatic rings. The van der Waals surface area contributed by atoms with Crippen LogP contribution in [0.4, 0.5) is 0 Å². The van der Waals surface area contributed by atoms with Crippen LogP contribution in [0.2, 0.25) is 0 Å². The quantitative estimate of drug-likeness (QED) is 0.534. The zero-order chi connectivity index (χ0) is 17.3. The molecule has 128 valence electrons. The van der Waals surface area contributed by atoms with E-state index in [0.29, 0.717) is 12.3 Å². The summed E-state index contributed by atoms with van der Waals surface area (Å²) in [5.41, 5.74) is 2.97. The minimum Gasteiger partial charge on any atom is -0.448 e. The molecule has 0 radical (unpaired) electrons. The van der Waals surface area contributed by atoms with Crippen molar-refractivity contribution in [2.45, 2.75) is 38.5 Å². The van der Waals surface area contributed by atoms with Gasteiger partial charge in [0.25, 0.3) is 0 Å². The summed E-state index contributed by atoms with van der Waals surface area (Å²) in [5.74, 6) is 0.660. The third kappa shape index (κ3) is 5.38. The van der Waals surface area contributed by atoms with Crippen molar-refractivity contribution in [3.63, 3.8) is 0 Å².